The van der Waals surface area contributed by atoms with Gasteiger partial charge in [0.1, 0.15) is 28.5 Å². The van der Waals surface area contributed by atoms with E-state index in [0.29, 0.717) is 29.9 Å². The number of nitrogens with one attached hydrogen (secondary N) is 1. The number of alkyl halides is 3. The van der Waals surface area contributed by atoms with Crippen molar-refractivity contribution in [2.45, 2.75) is 49.5 Å². The van der Waals surface area contributed by atoms with Gasteiger partial charge in [0.15, 0.2) is 6.10 Å². The van der Waals surface area contributed by atoms with Crippen molar-refractivity contribution in [3.05, 3.63) is 58.1 Å². The number of amides is 1. The molecule has 0 saturated heterocycles. The van der Waals surface area contributed by atoms with Gasteiger partial charge in [0.2, 0.25) is 0 Å². The van der Waals surface area contributed by atoms with Crippen LogP contribution in [0.25, 0.3) is 0 Å². The fourth-order valence-corrected chi connectivity index (χ4v) is 6.14. The quantitative estimate of drug-likeness (QED) is 0.409. The normalized spacial score (nSPS) is 26.0. The number of imidazole rings is 1. The average Bonchev–Trinajstić information content (AvgIpc) is 3.56. The molecule has 2 saturated carbocycles. The molecule has 2 unspecified atom stereocenters. The molecule has 14 heteroatoms. The molecule has 2 fully saturated rings. The van der Waals surface area contributed by atoms with E-state index in [2.05, 4.69) is 20.5 Å². The highest BCUT2D eigenvalue weighted by molar-refractivity contribution is 6.31. The highest BCUT2D eigenvalue weighted by Gasteiger charge is 2.54. The molecule has 0 bridgehead atoms. The SMILES string of the molecule is Cn1nc([C@@H](O)C(F)(F)F)c(C2(O)CC3CC(c4ncn(C)c4C(=O)Nc4ccc(F)c(Cl)c4)CC3C2)n1. The van der Waals surface area contributed by atoms with Gasteiger partial charge in [-0.1, -0.05) is 11.6 Å². The Bertz CT molecular complexity index is 1380. The lowest BCUT2D eigenvalue weighted by Crippen LogP contribution is -2.29. The van der Waals surface area contributed by atoms with Crippen molar-refractivity contribution < 1.29 is 32.6 Å². The number of aliphatic hydroxyl groups is 2. The van der Waals surface area contributed by atoms with Crippen molar-refractivity contribution in [3.8, 4) is 0 Å². The minimum Gasteiger partial charge on any atom is -0.383 e. The van der Waals surface area contributed by atoms with E-state index < -0.39 is 35.3 Å². The largest absolute Gasteiger partial charge is 0.420 e. The molecule has 3 aromatic rings. The van der Waals surface area contributed by atoms with Gasteiger partial charge in [0.25, 0.3) is 5.91 Å². The first-order chi connectivity index (χ1) is 17.8. The van der Waals surface area contributed by atoms with Crippen molar-refractivity contribution in [2.24, 2.45) is 25.9 Å². The second-order valence-electron chi connectivity index (χ2n) is 10.2. The van der Waals surface area contributed by atoms with Crippen LogP contribution in [0.15, 0.2) is 24.5 Å². The lowest BCUT2D eigenvalue weighted by atomic mass is 9.88. The molecule has 2 heterocycles. The Labute approximate surface area is 219 Å². The summed E-state index contributed by atoms with van der Waals surface area (Å²) in [4.78, 5) is 18.5. The fraction of sp³-hybridized carbons (Fsp3) is 0.500. The summed E-state index contributed by atoms with van der Waals surface area (Å²) in [6.07, 6.45) is -4.87. The minimum absolute atomic E-state index is 0.0586. The van der Waals surface area contributed by atoms with Crippen LogP contribution in [-0.2, 0) is 19.7 Å². The van der Waals surface area contributed by atoms with Crippen molar-refractivity contribution in [1.82, 2.24) is 24.5 Å². The molecular formula is C24H25ClF4N6O3. The number of hydrogen-bond donors (Lipinski definition) is 3. The van der Waals surface area contributed by atoms with Gasteiger partial charge < -0.3 is 20.1 Å². The number of halogens is 5. The maximum Gasteiger partial charge on any atom is 0.420 e. The van der Waals surface area contributed by atoms with Gasteiger partial charge in [0.05, 0.1) is 17.0 Å². The molecule has 38 heavy (non-hydrogen) atoms. The van der Waals surface area contributed by atoms with Gasteiger partial charge in [0, 0.05) is 25.7 Å². The number of anilines is 1. The monoisotopic (exact) mass is 556 g/mol. The Morgan fingerprint density at radius 3 is 2.47 bits per heavy atom. The topological polar surface area (TPSA) is 118 Å². The third-order valence-corrected chi connectivity index (χ3v) is 7.82. The van der Waals surface area contributed by atoms with E-state index >= 15 is 0 Å². The summed E-state index contributed by atoms with van der Waals surface area (Å²) in [6.45, 7) is 0. The first-order valence-corrected chi connectivity index (χ1v) is 12.3. The standard InChI is InChI=1S/C24H25ClF4N6O3/c1-34-10-30-17(19(34)22(37)31-14-3-4-16(26)15(25)7-14)11-5-12-8-23(38,9-13(12)6-11)20-18(32-35(2)33-20)21(36)24(27,28)29/h3-4,7,10-13,21,36,38H,5-6,8-9H2,1-2H3,(H,31,37)/t11?,12?,13?,21-,23?/m1/s1. The number of benzene rings is 1. The first kappa shape index (κ1) is 26.6. The highest BCUT2D eigenvalue weighted by Crippen LogP contribution is 2.57. The predicted octanol–water partition coefficient (Wildman–Crippen LogP) is 3.98. The number of aromatic nitrogens is 5. The summed E-state index contributed by atoms with van der Waals surface area (Å²) >= 11 is 5.82. The molecule has 5 rings (SSSR count). The molecule has 1 aromatic carbocycles. The summed E-state index contributed by atoms with van der Waals surface area (Å²) in [6, 6.07) is 3.85. The van der Waals surface area contributed by atoms with Gasteiger partial charge in [-0.05, 0) is 55.7 Å². The molecule has 2 aliphatic carbocycles. The molecule has 0 aliphatic heterocycles. The number of aryl methyl sites for hydroxylation is 2. The summed E-state index contributed by atoms with van der Waals surface area (Å²) in [5.74, 6) is -1.28. The molecular weight excluding hydrogens is 532 g/mol. The van der Waals surface area contributed by atoms with Gasteiger partial charge in [-0.2, -0.15) is 28.2 Å². The number of aliphatic hydroxyl groups excluding tert-OH is 1. The fourth-order valence-electron chi connectivity index (χ4n) is 5.96. The maximum atomic E-state index is 13.5. The molecule has 9 nitrogen and oxygen atoms in total. The van der Waals surface area contributed by atoms with E-state index in [1.54, 1.807) is 11.6 Å². The molecule has 0 spiro atoms. The van der Waals surface area contributed by atoms with E-state index in [9.17, 15) is 32.6 Å². The third kappa shape index (κ3) is 4.67. The molecule has 1 amide bonds. The minimum atomic E-state index is -4.95. The van der Waals surface area contributed by atoms with Gasteiger partial charge in [-0.15, -0.1) is 0 Å². The van der Waals surface area contributed by atoms with Crippen LogP contribution < -0.4 is 5.32 Å². The third-order valence-electron chi connectivity index (χ3n) is 7.54. The van der Waals surface area contributed by atoms with Crippen LogP contribution >= 0.6 is 11.6 Å². The van der Waals surface area contributed by atoms with Crippen LogP contribution in [0.3, 0.4) is 0 Å². The van der Waals surface area contributed by atoms with Crippen molar-refractivity contribution in [2.75, 3.05) is 5.32 Å². The van der Waals surface area contributed by atoms with E-state index in [1.165, 1.54) is 25.5 Å². The Morgan fingerprint density at radius 2 is 1.87 bits per heavy atom. The molecule has 3 atom stereocenters. The van der Waals surface area contributed by atoms with Gasteiger partial charge in [-0.25, -0.2) is 9.37 Å². The first-order valence-electron chi connectivity index (χ1n) is 11.9. The lowest BCUT2D eigenvalue weighted by Gasteiger charge is -2.25. The Balaban J connectivity index is 1.33. The molecule has 204 valence electrons. The number of carbonyl (C=O) groups excluding carboxylic acids is 1. The van der Waals surface area contributed by atoms with Crippen LogP contribution in [-0.4, -0.2) is 46.8 Å². The summed E-state index contributed by atoms with van der Waals surface area (Å²) in [5, 5.41) is 31.4. The summed E-state index contributed by atoms with van der Waals surface area (Å²) in [7, 11) is 3.01. The molecule has 0 radical (unpaired) electrons. The molecule has 2 aromatic heterocycles. The van der Waals surface area contributed by atoms with E-state index in [-0.39, 0.29) is 41.3 Å². The Morgan fingerprint density at radius 1 is 1.21 bits per heavy atom. The van der Waals surface area contributed by atoms with Crippen LogP contribution in [0.4, 0.5) is 23.2 Å². The van der Waals surface area contributed by atoms with Crippen molar-refractivity contribution in [3.63, 3.8) is 0 Å². The lowest BCUT2D eigenvalue weighted by molar-refractivity contribution is -0.208. The Hall–Kier alpha value is -3.03. The van der Waals surface area contributed by atoms with Gasteiger partial charge >= 0.3 is 6.18 Å². The van der Waals surface area contributed by atoms with E-state index in [4.69, 9.17) is 11.6 Å². The Kier molecular flexibility index (Phi) is 6.51. The van der Waals surface area contributed by atoms with Crippen LogP contribution in [0.1, 0.15) is 65.3 Å². The van der Waals surface area contributed by atoms with Crippen LogP contribution in [0.2, 0.25) is 5.02 Å². The van der Waals surface area contributed by atoms with Gasteiger partial charge in [-0.3, -0.25) is 4.79 Å². The summed E-state index contributed by atoms with van der Waals surface area (Å²) < 4.78 is 54.7. The number of carbonyl (C=O) groups is 1. The second kappa shape index (κ2) is 9.31. The van der Waals surface area contributed by atoms with Crippen LogP contribution in [0.5, 0.6) is 0 Å². The zero-order chi connectivity index (χ0) is 27.6. The second-order valence-corrected chi connectivity index (χ2v) is 10.6. The van der Waals surface area contributed by atoms with Crippen molar-refractivity contribution >= 4 is 23.2 Å². The van der Waals surface area contributed by atoms with E-state index in [1.807, 2.05) is 0 Å². The number of nitrogens with zero attached hydrogens (tertiary/aromatic N) is 5. The smallest absolute Gasteiger partial charge is 0.383 e. The van der Waals surface area contributed by atoms with Crippen LogP contribution in [0, 0.1) is 17.7 Å². The molecule has 2 aliphatic rings. The maximum absolute atomic E-state index is 13.5. The predicted molar refractivity (Wildman–Crippen MR) is 127 cm³/mol. The number of hydrogen-bond acceptors (Lipinski definition) is 6. The van der Waals surface area contributed by atoms with Crippen molar-refractivity contribution in [1.29, 1.82) is 0 Å². The highest BCUT2D eigenvalue weighted by atomic mass is 35.5. The average molecular weight is 557 g/mol. The zero-order valence-electron chi connectivity index (χ0n) is 20.4. The number of rotatable bonds is 5. The zero-order valence-corrected chi connectivity index (χ0v) is 21.1. The summed E-state index contributed by atoms with van der Waals surface area (Å²) in [5.41, 5.74) is -1.39. The van der Waals surface area contributed by atoms with E-state index in [0.717, 1.165) is 10.9 Å². The number of fused-ring (bicyclic) bond motifs is 1. The molecule has 3 N–H and O–H groups in total.